The zero-order chi connectivity index (χ0) is 4.28. The van der Waals surface area contributed by atoms with E-state index in [1.807, 2.05) is 13.8 Å². The second-order valence-corrected chi connectivity index (χ2v) is 1.24. The van der Waals surface area contributed by atoms with E-state index in [9.17, 15) is 0 Å². The summed E-state index contributed by atoms with van der Waals surface area (Å²) in [4.78, 5) is 0. The quantitative estimate of drug-likeness (QED) is 0.450. The molecule has 5 heavy (non-hydrogen) atoms. The second kappa shape index (κ2) is 1.82. The van der Waals surface area contributed by atoms with Crippen molar-refractivity contribution in [2.45, 2.75) is 13.8 Å². The van der Waals surface area contributed by atoms with Crippen LogP contribution < -0.4 is 5.73 Å². The topological polar surface area (TPSA) is 26.0 Å². The summed E-state index contributed by atoms with van der Waals surface area (Å²) in [7, 11) is 0. The molecule has 0 saturated heterocycles. The third-order valence-electron chi connectivity index (χ3n) is 0.333. The Morgan fingerprint density at radius 1 is 1.60 bits per heavy atom. The number of nitrogens with two attached hydrogens (primary N) is 1. The van der Waals surface area contributed by atoms with Crippen LogP contribution in [0.3, 0.4) is 0 Å². The molecular weight excluding hydrogens is 62.1 g/mol. The monoisotopic (exact) mass is 71.1 g/mol. The van der Waals surface area contributed by atoms with Crippen LogP contribution in [-0.4, -0.2) is 0 Å². The van der Waals surface area contributed by atoms with Crippen molar-refractivity contribution in [3.8, 4) is 0 Å². The maximum atomic E-state index is 5.01. The van der Waals surface area contributed by atoms with Gasteiger partial charge in [0.15, 0.2) is 0 Å². The van der Waals surface area contributed by atoms with Gasteiger partial charge in [-0.1, -0.05) is 5.57 Å². The minimum absolute atomic E-state index is 1.16. The molecule has 1 heteroatoms. The van der Waals surface area contributed by atoms with Gasteiger partial charge in [0.1, 0.15) is 0 Å². The molecule has 30 valence electrons. The van der Waals surface area contributed by atoms with Gasteiger partial charge in [-0.05, 0) is 20.0 Å². The van der Waals surface area contributed by atoms with Crippen LogP contribution in [0.5, 0.6) is 0 Å². The molecule has 0 spiro atoms. The summed E-state index contributed by atoms with van der Waals surface area (Å²) < 4.78 is 0. The lowest BCUT2D eigenvalue weighted by Gasteiger charge is -1.74. The fraction of sp³-hybridized carbons (Fsp3) is 0.500. The highest BCUT2D eigenvalue weighted by Crippen LogP contribution is 1.78. The Hall–Kier alpha value is -0.460. The maximum absolute atomic E-state index is 5.01. The van der Waals surface area contributed by atoms with Crippen molar-refractivity contribution >= 4 is 0 Å². The van der Waals surface area contributed by atoms with Crippen molar-refractivity contribution in [3.05, 3.63) is 11.8 Å². The molecule has 0 heterocycles. The fourth-order valence-corrected chi connectivity index (χ4v) is 0. The summed E-state index contributed by atoms with van der Waals surface area (Å²) in [6.07, 6.45) is 1.58. The third kappa shape index (κ3) is 3.54. The van der Waals surface area contributed by atoms with E-state index in [4.69, 9.17) is 5.73 Å². The molecule has 0 radical (unpaired) electrons. The molecular formula is C4H9N. The first-order valence-electron chi connectivity index (χ1n) is 1.62. The molecule has 0 rings (SSSR count). The van der Waals surface area contributed by atoms with Gasteiger partial charge in [0.25, 0.3) is 0 Å². The van der Waals surface area contributed by atoms with Gasteiger partial charge in [0.05, 0.1) is 0 Å². The van der Waals surface area contributed by atoms with E-state index in [0.717, 1.165) is 5.57 Å². The van der Waals surface area contributed by atoms with Gasteiger partial charge >= 0.3 is 0 Å². The first kappa shape index (κ1) is 4.54. The van der Waals surface area contributed by atoms with Crippen molar-refractivity contribution < 1.29 is 0 Å². The molecule has 0 unspecified atom stereocenters. The van der Waals surface area contributed by atoms with Gasteiger partial charge < -0.3 is 5.73 Å². The van der Waals surface area contributed by atoms with Crippen LogP contribution in [0.15, 0.2) is 11.8 Å². The Morgan fingerprint density at radius 2 is 1.80 bits per heavy atom. The van der Waals surface area contributed by atoms with E-state index >= 15 is 0 Å². The van der Waals surface area contributed by atoms with Gasteiger partial charge in [-0.3, -0.25) is 0 Å². The van der Waals surface area contributed by atoms with Crippen molar-refractivity contribution in [1.82, 2.24) is 0 Å². The molecule has 2 N–H and O–H groups in total. The predicted molar refractivity (Wildman–Crippen MR) is 23.6 cm³/mol. The summed E-state index contributed by atoms with van der Waals surface area (Å²) in [5.74, 6) is 0. The first-order valence-corrected chi connectivity index (χ1v) is 1.62. The molecule has 0 saturated carbocycles. The van der Waals surface area contributed by atoms with Gasteiger partial charge in [-0.25, -0.2) is 0 Å². The zero-order valence-electron chi connectivity index (χ0n) is 3.65. The molecule has 0 aliphatic heterocycles. The molecule has 0 fully saturated rings. The lowest BCUT2D eigenvalue weighted by Crippen LogP contribution is -1.76. The summed E-state index contributed by atoms with van der Waals surface area (Å²) in [6, 6.07) is 0. The first-order chi connectivity index (χ1) is 2.27. The Balaban J connectivity index is 3.14. The van der Waals surface area contributed by atoms with Crippen LogP contribution in [0.25, 0.3) is 0 Å². The smallest absolute Gasteiger partial charge is 0.00761 e. The minimum atomic E-state index is 1.16. The van der Waals surface area contributed by atoms with Crippen LogP contribution >= 0.6 is 0 Å². The molecule has 0 amide bonds. The number of hydrogen-bond donors (Lipinski definition) is 1. The number of rotatable bonds is 0. The normalized spacial score (nSPS) is 6.80. The van der Waals surface area contributed by atoms with Crippen LogP contribution in [0.1, 0.15) is 13.8 Å². The zero-order valence-corrected chi connectivity index (χ0v) is 3.65. The van der Waals surface area contributed by atoms with Crippen molar-refractivity contribution in [3.63, 3.8) is 0 Å². The van der Waals surface area contributed by atoms with Crippen LogP contribution in [0.4, 0.5) is 0 Å². The van der Waals surface area contributed by atoms with E-state index in [2.05, 4.69) is 0 Å². The molecule has 1 nitrogen and oxygen atoms in total. The van der Waals surface area contributed by atoms with Crippen molar-refractivity contribution in [2.24, 2.45) is 5.73 Å². The summed E-state index contributed by atoms with van der Waals surface area (Å²) in [6.45, 7) is 3.92. The molecule has 0 atom stereocenters. The minimum Gasteiger partial charge on any atom is -0.405 e. The number of hydrogen-bond acceptors (Lipinski definition) is 1. The lowest BCUT2D eigenvalue weighted by atomic mass is 10.4. The Kier molecular flexibility index (Phi) is 1.65. The summed E-state index contributed by atoms with van der Waals surface area (Å²) in [5.41, 5.74) is 6.17. The van der Waals surface area contributed by atoms with E-state index in [0.29, 0.717) is 0 Å². The molecule has 0 aliphatic carbocycles. The lowest BCUT2D eigenvalue weighted by molar-refractivity contribution is 1.34. The Labute approximate surface area is 32.5 Å². The summed E-state index contributed by atoms with van der Waals surface area (Å²) >= 11 is 0. The molecule has 0 bridgehead atoms. The van der Waals surface area contributed by atoms with Crippen LogP contribution in [0, 0.1) is 0 Å². The third-order valence-corrected chi connectivity index (χ3v) is 0.333. The van der Waals surface area contributed by atoms with Gasteiger partial charge in [-0.2, -0.15) is 0 Å². The van der Waals surface area contributed by atoms with Gasteiger partial charge in [-0.15, -0.1) is 0 Å². The average Bonchev–Trinajstić information content (AvgIpc) is 1.38. The van der Waals surface area contributed by atoms with Crippen LogP contribution in [0.2, 0.25) is 0 Å². The standard InChI is InChI=1S/C4H9N/c1-4(2)3-5/h3H,5H2,1-2H3. The average molecular weight is 71.1 g/mol. The summed E-state index contributed by atoms with van der Waals surface area (Å²) in [5, 5.41) is 0. The van der Waals surface area contributed by atoms with E-state index in [-0.39, 0.29) is 0 Å². The Morgan fingerprint density at radius 3 is 1.80 bits per heavy atom. The van der Waals surface area contributed by atoms with Crippen molar-refractivity contribution in [1.29, 1.82) is 0 Å². The largest absolute Gasteiger partial charge is 0.405 e. The SMILES string of the molecule is CC(C)=CN. The molecule has 0 aliphatic rings. The van der Waals surface area contributed by atoms with Gasteiger partial charge in [0, 0.05) is 0 Å². The van der Waals surface area contributed by atoms with E-state index < -0.39 is 0 Å². The predicted octanol–water partition coefficient (Wildman–Crippen LogP) is 0.869. The van der Waals surface area contributed by atoms with Crippen molar-refractivity contribution in [2.75, 3.05) is 0 Å². The maximum Gasteiger partial charge on any atom is -0.00761 e. The molecule has 0 aromatic rings. The molecule has 0 aromatic carbocycles. The Bertz CT molecular complexity index is 41.6. The van der Waals surface area contributed by atoms with E-state index in [1.165, 1.54) is 0 Å². The van der Waals surface area contributed by atoms with E-state index in [1.54, 1.807) is 6.20 Å². The van der Waals surface area contributed by atoms with Gasteiger partial charge in [0.2, 0.25) is 0 Å². The fourth-order valence-electron chi connectivity index (χ4n) is 0. The second-order valence-electron chi connectivity index (χ2n) is 1.24. The number of allylic oxidation sites excluding steroid dienone is 1. The highest BCUT2D eigenvalue weighted by Gasteiger charge is 1.61. The van der Waals surface area contributed by atoms with Crippen LogP contribution in [-0.2, 0) is 0 Å². The molecule has 0 aromatic heterocycles. The highest BCUT2D eigenvalue weighted by molar-refractivity contribution is 4.87. The highest BCUT2D eigenvalue weighted by atomic mass is 14.5.